The Bertz CT molecular complexity index is 637. The largest absolute Gasteiger partial charge is 0.365 e. The maximum absolute atomic E-state index is 6.19. The number of nitrogens with one attached hydrogen (secondary N) is 1. The number of likely N-dealkylation sites (tertiary alicyclic amines) is 1. The smallest absolute Gasteiger partial charge is 0.179 e. The molecule has 116 valence electrons. The minimum absolute atomic E-state index is 0.0708. The lowest BCUT2D eigenvalue weighted by atomic mass is 10.0. The van der Waals surface area contributed by atoms with Crippen molar-refractivity contribution < 1.29 is 4.74 Å². The van der Waals surface area contributed by atoms with Crippen LogP contribution in [0.25, 0.3) is 0 Å². The van der Waals surface area contributed by atoms with Crippen molar-refractivity contribution in [1.82, 2.24) is 20.1 Å². The number of H-pyrrole nitrogens is 1. The summed E-state index contributed by atoms with van der Waals surface area (Å²) in [5.74, 6) is 2.28. The Morgan fingerprint density at radius 1 is 1.23 bits per heavy atom. The molecule has 1 aromatic carbocycles. The van der Waals surface area contributed by atoms with Gasteiger partial charge in [0, 0.05) is 25.6 Å². The summed E-state index contributed by atoms with van der Waals surface area (Å²) in [4.78, 5) is 6.91. The van der Waals surface area contributed by atoms with Crippen LogP contribution in [-0.4, -0.2) is 39.3 Å². The number of hydrogen-bond donors (Lipinski definition) is 1. The first kappa shape index (κ1) is 13.9. The molecule has 2 saturated heterocycles. The quantitative estimate of drug-likeness (QED) is 0.945. The van der Waals surface area contributed by atoms with E-state index >= 15 is 0 Å². The zero-order valence-electron chi connectivity index (χ0n) is 13.1. The van der Waals surface area contributed by atoms with Gasteiger partial charge >= 0.3 is 0 Å². The molecule has 5 nitrogen and oxygen atoms in total. The summed E-state index contributed by atoms with van der Waals surface area (Å²) in [5.41, 5.74) is 2.70. The molecule has 22 heavy (non-hydrogen) atoms. The third-order valence-electron chi connectivity index (χ3n) is 4.74. The Labute approximate surface area is 130 Å². The van der Waals surface area contributed by atoms with Gasteiger partial charge in [-0.2, -0.15) is 5.10 Å². The first-order chi connectivity index (χ1) is 10.7. The Morgan fingerprint density at radius 3 is 2.73 bits per heavy atom. The average Bonchev–Trinajstić information content (AvgIpc) is 3.15. The third-order valence-corrected chi connectivity index (χ3v) is 4.74. The van der Waals surface area contributed by atoms with Crippen LogP contribution in [0.2, 0.25) is 0 Å². The number of ether oxygens (including phenoxy) is 1. The second-order valence-electron chi connectivity index (χ2n) is 6.62. The molecule has 3 heterocycles. The zero-order valence-corrected chi connectivity index (χ0v) is 13.1. The Balaban J connectivity index is 1.36. The molecule has 0 radical (unpaired) electrons. The van der Waals surface area contributed by atoms with Gasteiger partial charge in [0.2, 0.25) is 0 Å². The second-order valence-corrected chi connectivity index (χ2v) is 6.62. The van der Waals surface area contributed by atoms with Gasteiger partial charge in [-0.05, 0) is 25.8 Å². The summed E-state index contributed by atoms with van der Waals surface area (Å²) >= 11 is 0. The Morgan fingerprint density at radius 2 is 2.05 bits per heavy atom. The lowest BCUT2D eigenvalue weighted by molar-refractivity contribution is 0.0326. The first-order valence-corrected chi connectivity index (χ1v) is 7.99. The van der Waals surface area contributed by atoms with E-state index in [2.05, 4.69) is 51.3 Å². The highest BCUT2D eigenvalue weighted by Crippen LogP contribution is 2.40. The van der Waals surface area contributed by atoms with Crippen LogP contribution >= 0.6 is 0 Å². The van der Waals surface area contributed by atoms with Gasteiger partial charge < -0.3 is 4.74 Å². The second kappa shape index (κ2) is 5.48. The minimum atomic E-state index is 0.0708. The van der Waals surface area contributed by atoms with Crippen LogP contribution in [0.3, 0.4) is 0 Å². The normalized spacial score (nSPS) is 28.2. The Hall–Kier alpha value is -1.72. The maximum atomic E-state index is 6.19. The summed E-state index contributed by atoms with van der Waals surface area (Å²) in [5, 5.41) is 7.15. The summed E-state index contributed by atoms with van der Waals surface area (Å²) in [6, 6.07) is 8.82. The van der Waals surface area contributed by atoms with E-state index in [9.17, 15) is 0 Å². The van der Waals surface area contributed by atoms with Gasteiger partial charge in [-0.15, -0.1) is 0 Å². The summed E-state index contributed by atoms with van der Waals surface area (Å²) < 4.78 is 6.19. The highest BCUT2D eigenvalue weighted by atomic mass is 16.5. The molecule has 1 aromatic heterocycles. The van der Waals surface area contributed by atoms with E-state index in [4.69, 9.17) is 4.74 Å². The van der Waals surface area contributed by atoms with Crippen LogP contribution in [0.4, 0.5) is 0 Å². The lowest BCUT2D eigenvalue weighted by Gasteiger charge is -2.18. The van der Waals surface area contributed by atoms with Gasteiger partial charge in [-0.1, -0.05) is 29.8 Å². The highest BCUT2D eigenvalue weighted by Gasteiger charge is 2.43. The third kappa shape index (κ3) is 2.66. The molecule has 2 aliphatic heterocycles. The molecule has 0 aliphatic carbocycles. The minimum Gasteiger partial charge on any atom is -0.365 e. The van der Waals surface area contributed by atoms with Gasteiger partial charge in [0.1, 0.15) is 11.9 Å². The molecule has 0 unspecified atom stereocenters. The molecule has 1 N–H and O–H groups in total. The molecular formula is C17H22N4O. The van der Waals surface area contributed by atoms with Crippen LogP contribution in [0, 0.1) is 19.8 Å². The van der Waals surface area contributed by atoms with E-state index in [1.807, 2.05) is 6.92 Å². The fraction of sp³-hybridized carbons (Fsp3) is 0.529. The highest BCUT2D eigenvalue weighted by molar-refractivity contribution is 5.21. The first-order valence-electron chi connectivity index (χ1n) is 7.99. The fourth-order valence-corrected chi connectivity index (χ4v) is 3.60. The summed E-state index contributed by atoms with van der Waals surface area (Å²) in [6.07, 6.45) is 1.43. The van der Waals surface area contributed by atoms with Crippen LogP contribution in [0.15, 0.2) is 24.3 Å². The van der Waals surface area contributed by atoms with E-state index in [1.54, 1.807) is 0 Å². The van der Waals surface area contributed by atoms with Crippen molar-refractivity contribution in [1.29, 1.82) is 0 Å². The Kier molecular flexibility index (Phi) is 3.47. The van der Waals surface area contributed by atoms with E-state index in [-0.39, 0.29) is 6.10 Å². The van der Waals surface area contributed by atoms with E-state index in [1.165, 1.54) is 11.1 Å². The molecular weight excluding hydrogens is 276 g/mol. The number of nitrogens with zero attached hydrogens (tertiary/aromatic N) is 3. The topological polar surface area (TPSA) is 54.0 Å². The van der Waals surface area contributed by atoms with Gasteiger partial charge in [0.15, 0.2) is 5.82 Å². The van der Waals surface area contributed by atoms with Crippen molar-refractivity contribution in [2.45, 2.75) is 39.0 Å². The van der Waals surface area contributed by atoms with Gasteiger partial charge in [0.25, 0.3) is 0 Å². The number of benzene rings is 1. The van der Waals surface area contributed by atoms with Crippen molar-refractivity contribution >= 4 is 0 Å². The standard InChI is InChI=1S/C17H22N4O/c1-11-3-5-13(6-4-11)8-21-9-14-7-15(22-16(14)10-21)17-18-12(2)19-20-17/h3-6,14-16H,7-10H2,1-2H3,(H,18,19,20)/t14-,15-,16+/m0/s1. The van der Waals surface area contributed by atoms with Crippen LogP contribution in [0.5, 0.6) is 0 Å². The molecule has 0 spiro atoms. The summed E-state index contributed by atoms with van der Waals surface area (Å²) in [6.45, 7) is 7.19. The molecule has 2 fully saturated rings. The molecule has 2 aliphatic rings. The van der Waals surface area contributed by atoms with Gasteiger partial charge in [-0.25, -0.2) is 4.98 Å². The van der Waals surface area contributed by atoms with Crippen molar-refractivity contribution in [2.75, 3.05) is 13.1 Å². The molecule has 3 atom stereocenters. The fourth-order valence-electron chi connectivity index (χ4n) is 3.60. The zero-order chi connectivity index (χ0) is 15.1. The van der Waals surface area contributed by atoms with E-state index < -0.39 is 0 Å². The lowest BCUT2D eigenvalue weighted by Crippen LogP contribution is -2.23. The average molecular weight is 298 g/mol. The number of aromatic amines is 1. The molecule has 0 amide bonds. The predicted octanol–water partition coefficient (Wildman–Crippen LogP) is 2.38. The van der Waals surface area contributed by atoms with Crippen LogP contribution in [-0.2, 0) is 11.3 Å². The molecule has 4 rings (SSSR count). The SMILES string of the molecule is Cc1ccc(CN2C[C@@H]3C[C@@H](c4n[nH]c(C)n4)O[C@@H]3C2)cc1. The van der Waals surface area contributed by atoms with E-state index in [0.717, 1.165) is 37.7 Å². The maximum Gasteiger partial charge on any atom is 0.179 e. The van der Waals surface area contributed by atoms with Crippen LogP contribution < -0.4 is 0 Å². The van der Waals surface area contributed by atoms with Crippen molar-refractivity contribution in [3.8, 4) is 0 Å². The van der Waals surface area contributed by atoms with Gasteiger partial charge in [0.05, 0.1) is 6.10 Å². The van der Waals surface area contributed by atoms with Crippen LogP contribution in [0.1, 0.15) is 35.3 Å². The summed E-state index contributed by atoms with van der Waals surface area (Å²) in [7, 11) is 0. The number of aryl methyl sites for hydroxylation is 2. The van der Waals surface area contributed by atoms with Crippen molar-refractivity contribution in [3.05, 3.63) is 47.0 Å². The molecule has 5 heteroatoms. The molecule has 2 aromatic rings. The molecule has 0 saturated carbocycles. The number of hydrogen-bond acceptors (Lipinski definition) is 4. The number of rotatable bonds is 3. The van der Waals surface area contributed by atoms with Crippen molar-refractivity contribution in [3.63, 3.8) is 0 Å². The van der Waals surface area contributed by atoms with E-state index in [0.29, 0.717) is 12.0 Å². The van der Waals surface area contributed by atoms with Gasteiger partial charge in [-0.3, -0.25) is 10.00 Å². The number of aromatic nitrogens is 3. The molecule has 0 bridgehead atoms. The van der Waals surface area contributed by atoms with Crippen molar-refractivity contribution in [2.24, 2.45) is 5.92 Å². The number of fused-ring (bicyclic) bond motifs is 1. The predicted molar refractivity (Wildman–Crippen MR) is 83.3 cm³/mol. The monoisotopic (exact) mass is 298 g/mol.